The summed E-state index contributed by atoms with van der Waals surface area (Å²) in [5.74, 6) is 1.90. The van der Waals surface area contributed by atoms with E-state index in [1.54, 1.807) is 25.2 Å². The second-order valence-corrected chi connectivity index (χ2v) is 8.53. The van der Waals surface area contributed by atoms with Crippen LogP contribution < -0.4 is 10.1 Å². The number of thioether (sulfide) groups is 2. The Morgan fingerprint density at radius 3 is 2.62 bits per heavy atom. The number of amides is 1. The van der Waals surface area contributed by atoms with Gasteiger partial charge in [-0.3, -0.25) is 9.36 Å². The van der Waals surface area contributed by atoms with Crippen LogP contribution in [0.1, 0.15) is 11.1 Å². The molecule has 1 N–H and O–H groups in total. The lowest BCUT2D eigenvalue weighted by Gasteiger charge is -2.08. The molecule has 0 aliphatic carbocycles. The number of aromatic nitrogens is 3. The number of rotatable bonds is 9. The van der Waals surface area contributed by atoms with Gasteiger partial charge < -0.3 is 10.1 Å². The fourth-order valence-electron chi connectivity index (χ4n) is 2.59. The number of carbonyl (C=O) groups excluding carboxylic acids is 1. The quantitative estimate of drug-likeness (QED) is 0.412. The van der Waals surface area contributed by atoms with Gasteiger partial charge in [0.15, 0.2) is 5.16 Å². The highest BCUT2D eigenvalue weighted by Crippen LogP contribution is 2.22. The second kappa shape index (κ2) is 10.4. The molecule has 2 aromatic carbocycles. The number of methoxy groups -OCH3 is 1. The Kier molecular flexibility index (Phi) is 7.60. The standard InChI is InChI=1S/C21H24N4O2S2/c1-15-4-9-19(12-16(15)2)28-11-10-22-20(26)13-29-21-24-23-14-25(21)17-5-7-18(27-3)8-6-17/h4-9,12,14H,10-11,13H2,1-3H3,(H,22,26). The van der Waals surface area contributed by atoms with Crippen molar-refractivity contribution in [3.63, 3.8) is 0 Å². The highest BCUT2D eigenvalue weighted by atomic mass is 32.2. The van der Waals surface area contributed by atoms with Gasteiger partial charge in [0.2, 0.25) is 5.91 Å². The Morgan fingerprint density at radius 2 is 1.90 bits per heavy atom. The van der Waals surface area contributed by atoms with Crippen LogP contribution in [-0.4, -0.2) is 45.8 Å². The number of nitrogens with zero attached hydrogens (tertiary/aromatic N) is 3. The first kappa shape index (κ1) is 21.3. The van der Waals surface area contributed by atoms with E-state index in [9.17, 15) is 4.79 Å². The van der Waals surface area contributed by atoms with Crippen molar-refractivity contribution in [2.24, 2.45) is 0 Å². The summed E-state index contributed by atoms with van der Waals surface area (Å²) in [6.07, 6.45) is 1.64. The lowest BCUT2D eigenvalue weighted by atomic mass is 10.1. The van der Waals surface area contributed by atoms with Crippen LogP contribution in [0.25, 0.3) is 5.69 Å². The fraction of sp³-hybridized carbons (Fsp3) is 0.286. The van der Waals surface area contributed by atoms with Crippen LogP contribution in [0.4, 0.5) is 0 Å². The molecule has 1 amide bonds. The number of carbonyl (C=O) groups is 1. The summed E-state index contributed by atoms with van der Waals surface area (Å²) >= 11 is 3.11. The van der Waals surface area contributed by atoms with Gasteiger partial charge in [0.1, 0.15) is 12.1 Å². The minimum absolute atomic E-state index is 0.0139. The Balaban J connectivity index is 1.44. The Hall–Kier alpha value is -2.45. The Morgan fingerprint density at radius 1 is 1.10 bits per heavy atom. The summed E-state index contributed by atoms with van der Waals surface area (Å²) in [5.41, 5.74) is 3.50. The predicted octanol–water partition coefficient (Wildman–Crippen LogP) is 3.89. The minimum atomic E-state index is -0.0139. The van der Waals surface area contributed by atoms with Crippen LogP contribution in [0, 0.1) is 13.8 Å². The molecule has 3 rings (SSSR count). The number of ether oxygens (including phenoxy) is 1. The summed E-state index contributed by atoms with van der Waals surface area (Å²) in [6.45, 7) is 4.85. The molecule has 29 heavy (non-hydrogen) atoms. The zero-order valence-corrected chi connectivity index (χ0v) is 18.3. The third-order valence-corrected chi connectivity index (χ3v) is 6.31. The summed E-state index contributed by atoms with van der Waals surface area (Å²) in [7, 11) is 1.63. The molecule has 0 radical (unpaired) electrons. The first-order valence-corrected chi connectivity index (χ1v) is 11.2. The predicted molar refractivity (Wildman–Crippen MR) is 118 cm³/mol. The van der Waals surface area contributed by atoms with Crippen LogP contribution in [0.2, 0.25) is 0 Å². The number of benzene rings is 2. The second-order valence-electron chi connectivity index (χ2n) is 6.41. The third kappa shape index (κ3) is 6.01. The topological polar surface area (TPSA) is 69.0 Å². The highest BCUT2D eigenvalue weighted by Gasteiger charge is 2.10. The van der Waals surface area contributed by atoms with Gasteiger partial charge in [0, 0.05) is 22.9 Å². The lowest BCUT2D eigenvalue weighted by Crippen LogP contribution is -2.27. The average Bonchev–Trinajstić information content (AvgIpc) is 3.21. The maximum Gasteiger partial charge on any atom is 0.230 e. The van der Waals surface area contributed by atoms with E-state index in [0.29, 0.717) is 17.5 Å². The van der Waals surface area contributed by atoms with E-state index in [0.717, 1.165) is 17.2 Å². The molecular weight excluding hydrogens is 404 g/mol. The summed E-state index contributed by atoms with van der Waals surface area (Å²) < 4.78 is 7.04. The highest BCUT2D eigenvalue weighted by molar-refractivity contribution is 7.99. The molecule has 152 valence electrons. The normalized spacial score (nSPS) is 10.7. The van der Waals surface area contributed by atoms with Gasteiger partial charge >= 0.3 is 0 Å². The summed E-state index contributed by atoms with van der Waals surface area (Å²) in [4.78, 5) is 13.4. The molecule has 0 atom stereocenters. The molecule has 0 aliphatic heterocycles. The van der Waals surface area contributed by atoms with Gasteiger partial charge in [0.05, 0.1) is 12.9 Å². The molecule has 0 fully saturated rings. The molecule has 0 aliphatic rings. The van der Waals surface area contributed by atoms with E-state index < -0.39 is 0 Å². The van der Waals surface area contributed by atoms with Gasteiger partial charge in [0.25, 0.3) is 0 Å². The van der Waals surface area contributed by atoms with Crippen molar-refractivity contribution in [2.75, 3.05) is 25.2 Å². The van der Waals surface area contributed by atoms with Crippen LogP contribution in [0.3, 0.4) is 0 Å². The van der Waals surface area contributed by atoms with Gasteiger partial charge in [-0.15, -0.1) is 22.0 Å². The van der Waals surface area contributed by atoms with Crippen LogP contribution in [-0.2, 0) is 4.79 Å². The molecule has 3 aromatic rings. The molecular formula is C21H24N4O2S2. The molecule has 0 unspecified atom stereocenters. The monoisotopic (exact) mass is 428 g/mol. The molecule has 8 heteroatoms. The fourth-order valence-corrected chi connectivity index (χ4v) is 4.21. The first-order valence-electron chi connectivity index (χ1n) is 9.21. The average molecular weight is 429 g/mol. The number of aryl methyl sites for hydroxylation is 2. The van der Waals surface area contributed by atoms with Crippen molar-refractivity contribution >= 4 is 29.4 Å². The number of hydrogen-bond acceptors (Lipinski definition) is 6. The van der Waals surface area contributed by atoms with Crippen molar-refractivity contribution in [2.45, 2.75) is 23.9 Å². The first-order chi connectivity index (χ1) is 14.1. The van der Waals surface area contributed by atoms with Gasteiger partial charge in [-0.25, -0.2) is 0 Å². The zero-order chi connectivity index (χ0) is 20.6. The molecule has 0 spiro atoms. The van der Waals surface area contributed by atoms with Crippen molar-refractivity contribution in [1.82, 2.24) is 20.1 Å². The van der Waals surface area contributed by atoms with Crippen molar-refractivity contribution in [3.8, 4) is 11.4 Å². The van der Waals surface area contributed by atoms with E-state index in [2.05, 4.69) is 47.6 Å². The summed E-state index contributed by atoms with van der Waals surface area (Å²) in [5, 5.41) is 11.7. The number of nitrogens with one attached hydrogen (secondary N) is 1. The van der Waals surface area contributed by atoms with E-state index in [1.807, 2.05) is 28.8 Å². The molecule has 0 saturated heterocycles. The lowest BCUT2D eigenvalue weighted by molar-refractivity contribution is -0.118. The summed E-state index contributed by atoms with van der Waals surface area (Å²) in [6, 6.07) is 14.0. The van der Waals surface area contributed by atoms with Gasteiger partial charge in [-0.2, -0.15) is 0 Å². The third-order valence-electron chi connectivity index (χ3n) is 4.37. The molecule has 6 nitrogen and oxygen atoms in total. The van der Waals surface area contributed by atoms with Gasteiger partial charge in [-0.1, -0.05) is 17.8 Å². The molecule has 1 heterocycles. The Bertz CT molecular complexity index is 958. The van der Waals surface area contributed by atoms with Crippen molar-refractivity contribution in [3.05, 3.63) is 59.9 Å². The minimum Gasteiger partial charge on any atom is -0.497 e. The zero-order valence-electron chi connectivity index (χ0n) is 16.7. The Labute approximate surface area is 179 Å². The van der Waals surface area contributed by atoms with E-state index in [1.165, 1.54) is 27.8 Å². The molecule has 0 saturated carbocycles. The SMILES string of the molecule is COc1ccc(-n2cnnc2SCC(=O)NCCSc2ccc(C)c(C)c2)cc1. The van der Waals surface area contributed by atoms with Crippen molar-refractivity contribution in [1.29, 1.82) is 0 Å². The molecule has 0 bridgehead atoms. The largest absolute Gasteiger partial charge is 0.497 e. The van der Waals surface area contributed by atoms with Crippen LogP contribution >= 0.6 is 23.5 Å². The maximum atomic E-state index is 12.2. The smallest absolute Gasteiger partial charge is 0.230 e. The van der Waals surface area contributed by atoms with E-state index in [4.69, 9.17) is 4.74 Å². The van der Waals surface area contributed by atoms with Crippen molar-refractivity contribution < 1.29 is 9.53 Å². The van der Waals surface area contributed by atoms with Gasteiger partial charge in [-0.05, 0) is 61.4 Å². The number of hydrogen-bond donors (Lipinski definition) is 1. The van der Waals surface area contributed by atoms with Crippen LogP contribution in [0.15, 0.2) is 58.8 Å². The van der Waals surface area contributed by atoms with E-state index >= 15 is 0 Å². The maximum absolute atomic E-state index is 12.2. The van der Waals surface area contributed by atoms with Crippen LogP contribution in [0.5, 0.6) is 5.75 Å². The van der Waals surface area contributed by atoms with E-state index in [-0.39, 0.29) is 5.91 Å². The molecule has 1 aromatic heterocycles.